The molecule has 96 valence electrons. The monoisotopic (exact) mass is 263 g/mol. The Morgan fingerprint density at radius 1 is 1.56 bits per heavy atom. The van der Waals surface area contributed by atoms with Crippen molar-refractivity contribution in [3.05, 3.63) is 28.3 Å². The van der Waals surface area contributed by atoms with Crippen LogP contribution in [0.3, 0.4) is 0 Å². The number of rotatable bonds is 5. The average Bonchev–Trinajstić information content (AvgIpc) is 2.82. The highest BCUT2D eigenvalue weighted by Crippen LogP contribution is 2.32. The van der Waals surface area contributed by atoms with Gasteiger partial charge in [0.2, 0.25) is 0 Å². The van der Waals surface area contributed by atoms with Crippen LogP contribution >= 0.6 is 11.6 Å². The van der Waals surface area contributed by atoms with Crippen LogP contribution in [0.2, 0.25) is 5.02 Å². The van der Waals surface area contributed by atoms with Crippen molar-refractivity contribution in [1.82, 2.24) is 5.32 Å². The van der Waals surface area contributed by atoms with Gasteiger partial charge in [-0.2, -0.15) is 0 Å². The van der Waals surface area contributed by atoms with E-state index in [4.69, 9.17) is 22.8 Å². The highest BCUT2D eigenvalue weighted by atomic mass is 35.5. The lowest BCUT2D eigenvalue weighted by atomic mass is 10.1. The lowest BCUT2D eigenvalue weighted by molar-refractivity contribution is 0.352. The first kappa shape index (κ1) is 13.3. The number of fused-ring (bicyclic) bond motifs is 1. The minimum Gasteiger partial charge on any atom is -0.493 e. The standard InChI is InChI=1S/C15H18ClNO/c1-3-5-14(4-2)17-10-12-9-13(16)8-11-6-7-18-15(11)12/h2,8-9,14,17H,3,5-7,10H2,1H3. The largest absolute Gasteiger partial charge is 0.493 e. The molecule has 0 fully saturated rings. The van der Waals surface area contributed by atoms with Crippen molar-refractivity contribution in [2.45, 2.75) is 38.8 Å². The Morgan fingerprint density at radius 3 is 3.11 bits per heavy atom. The number of hydrogen-bond acceptors (Lipinski definition) is 2. The smallest absolute Gasteiger partial charge is 0.127 e. The zero-order valence-corrected chi connectivity index (χ0v) is 11.4. The van der Waals surface area contributed by atoms with E-state index in [2.05, 4.69) is 18.2 Å². The Labute approximate surface area is 114 Å². The maximum absolute atomic E-state index is 6.12. The molecule has 1 aromatic rings. The fourth-order valence-electron chi connectivity index (χ4n) is 2.24. The van der Waals surface area contributed by atoms with Gasteiger partial charge in [0.25, 0.3) is 0 Å². The molecule has 2 nitrogen and oxygen atoms in total. The van der Waals surface area contributed by atoms with Crippen molar-refractivity contribution in [2.24, 2.45) is 0 Å². The lowest BCUT2D eigenvalue weighted by Gasteiger charge is -2.14. The fraction of sp³-hybridized carbons (Fsp3) is 0.467. The summed E-state index contributed by atoms with van der Waals surface area (Å²) in [7, 11) is 0. The van der Waals surface area contributed by atoms with Gasteiger partial charge in [-0.1, -0.05) is 30.9 Å². The fourth-order valence-corrected chi connectivity index (χ4v) is 2.51. The van der Waals surface area contributed by atoms with E-state index in [1.54, 1.807) is 0 Å². The second kappa shape index (κ2) is 6.13. The normalized spacial score (nSPS) is 14.7. The second-order valence-corrected chi connectivity index (χ2v) is 4.98. The topological polar surface area (TPSA) is 21.3 Å². The molecule has 1 aromatic carbocycles. The van der Waals surface area contributed by atoms with Gasteiger partial charge >= 0.3 is 0 Å². The van der Waals surface area contributed by atoms with E-state index in [1.807, 2.05) is 12.1 Å². The SMILES string of the molecule is C#CC(CCC)NCc1cc(Cl)cc2c1OCC2. The zero-order chi connectivity index (χ0) is 13.0. The van der Waals surface area contributed by atoms with Gasteiger partial charge in [0.15, 0.2) is 0 Å². The van der Waals surface area contributed by atoms with Gasteiger partial charge in [-0.05, 0) is 24.1 Å². The van der Waals surface area contributed by atoms with Crippen molar-refractivity contribution in [3.8, 4) is 18.1 Å². The molecule has 1 atom stereocenters. The van der Waals surface area contributed by atoms with Crippen LogP contribution in [0.1, 0.15) is 30.9 Å². The molecule has 1 aliphatic heterocycles. The Hall–Kier alpha value is -1.17. The van der Waals surface area contributed by atoms with Crippen molar-refractivity contribution in [1.29, 1.82) is 0 Å². The van der Waals surface area contributed by atoms with Crippen LogP contribution in [-0.4, -0.2) is 12.6 Å². The quantitative estimate of drug-likeness (QED) is 0.824. The van der Waals surface area contributed by atoms with Crippen LogP contribution in [0.15, 0.2) is 12.1 Å². The zero-order valence-electron chi connectivity index (χ0n) is 10.6. The van der Waals surface area contributed by atoms with E-state index in [9.17, 15) is 0 Å². The molecule has 0 saturated carbocycles. The summed E-state index contributed by atoms with van der Waals surface area (Å²) in [6, 6.07) is 4.06. The highest BCUT2D eigenvalue weighted by molar-refractivity contribution is 6.30. The third-order valence-corrected chi connectivity index (χ3v) is 3.36. The number of ether oxygens (including phenoxy) is 1. The van der Waals surface area contributed by atoms with Crippen LogP contribution in [-0.2, 0) is 13.0 Å². The molecule has 0 saturated heterocycles. The van der Waals surface area contributed by atoms with E-state index in [1.165, 1.54) is 5.56 Å². The molecule has 1 aliphatic rings. The molecule has 0 bridgehead atoms. The molecule has 2 rings (SSSR count). The minimum atomic E-state index is 0.117. The first-order chi connectivity index (χ1) is 8.74. The summed E-state index contributed by atoms with van der Waals surface area (Å²) in [4.78, 5) is 0. The van der Waals surface area contributed by atoms with Crippen molar-refractivity contribution >= 4 is 11.6 Å². The highest BCUT2D eigenvalue weighted by Gasteiger charge is 2.17. The predicted octanol–water partition coefficient (Wildman–Crippen LogP) is 3.17. The van der Waals surface area contributed by atoms with E-state index in [0.29, 0.717) is 6.54 Å². The van der Waals surface area contributed by atoms with E-state index < -0.39 is 0 Å². The number of terminal acetylenes is 1. The Kier molecular flexibility index (Phi) is 4.52. The number of hydrogen-bond donors (Lipinski definition) is 1. The summed E-state index contributed by atoms with van der Waals surface area (Å²) >= 11 is 6.12. The minimum absolute atomic E-state index is 0.117. The number of halogens is 1. The molecule has 18 heavy (non-hydrogen) atoms. The molecule has 1 heterocycles. The lowest BCUT2D eigenvalue weighted by Crippen LogP contribution is -2.26. The molecule has 3 heteroatoms. The van der Waals surface area contributed by atoms with Gasteiger partial charge < -0.3 is 4.74 Å². The van der Waals surface area contributed by atoms with Gasteiger partial charge in [0.1, 0.15) is 5.75 Å². The van der Waals surface area contributed by atoms with Gasteiger partial charge in [-0.3, -0.25) is 5.32 Å². The molecule has 0 spiro atoms. The maximum Gasteiger partial charge on any atom is 0.127 e. The molecular weight excluding hydrogens is 246 g/mol. The van der Waals surface area contributed by atoms with Crippen molar-refractivity contribution in [3.63, 3.8) is 0 Å². The van der Waals surface area contributed by atoms with Crippen molar-refractivity contribution in [2.75, 3.05) is 6.61 Å². The predicted molar refractivity (Wildman–Crippen MR) is 75.0 cm³/mol. The van der Waals surface area contributed by atoms with Crippen LogP contribution < -0.4 is 10.1 Å². The third kappa shape index (κ3) is 2.98. The van der Waals surface area contributed by atoms with Crippen LogP contribution in [0.5, 0.6) is 5.75 Å². The summed E-state index contributed by atoms with van der Waals surface area (Å²) < 4.78 is 5.66. The van der Waals surface area contributed by atoms with Crippen LogP contribution in [0.4, 0.5) is 0 Å². The van der Waals surface area contributed by atoms with E-state index in [-0.39, 0.29) is 6.04 Å². The molecule has 0 radical (unpaired) electrons. The number of benzene rings is 1. The van der Waals surface area contributed by atoms with E-state index >= 15 is 0 Å². The van der Waals surface area contributed by atoms with Gasteiger partial charge in [0.05, 0.1) is 12.6 Å². The molecule has 0 aromatic heterocycles. The maximum atomic E-state index is 6.12. The molecular formula is C15H18ClNO. The summed E-state index contributed by atoms with van der Waals surface area (Å²) in [6.07, 6.45) is 8.50. The molecule has 0 amide bonds. The first-order valence-electron chi connectivity index (χ1n) is 6.38. The van der Waals surface area contributed by atoms with Crippen molar-refractivity contribution < 1.29 is 4.74 Å². The van der Waals surface area contributed by atoms with E-state index in [0.717, 1.165) is 42.2 Å². The first-order valence-corrected chi connectivity index (χ1v) is 6.76. The summed E-state index contributed by atoms with van der Waals surface area (Å²) in [5.41, 5.74) is 2.30. The molecule has 0 aliphatic carbocycles. The van der Waals surface area contributed by atoms with Gasteiger partial charge in [-0.25, -0.2) is 0 Å². The molecule has 1 unspecified atom stereocenters. The average molecular weight is 264 g/mol. The Bertz CT molecular complexity index is 464. The number of nitrogens with one attached hydrogen (secondary N) is 1. The van der Waals surface area contributed by atoms with Gasteiger partial charge in [0, 0.05) is 23.6 Å². The molecule has 1 N–H and O–H groups in total. The van der Waals surface area contributed by atoms with Crippen LogP contribution in [0, 0.1) is 12.3 Å². The summed E-state index contributed by atoms with van der Waals surface area (Å²) in [5, 5.41) is 4.14. The second-order valence-electron chi connectivity index (χ2n) is 4.54. The summed E-state index contributed by atoms with van der Waals surface area (Å²) in [5.74, 6) is 3.76. The Balaban J connectivity index is 2.08. The summed E-state index contributed by atoms with van der Waals surface area (Å²) in [6.45, 7) is 3.58. The van der Waals surface area contributed by atoms with Gasteiger partial charge in [-0.15, -0.1) is 6.42 Å². The van der Waals surface area contributed by atoms with Crippen LogP contribution in [0.25, 0.3) is 0 Å². The third-order valence-electron chi connectivity index (χ3n) is 3.14. The Morgan fingerprint density at radius 2 is 2.39 bits per heavy atom.